The number of aryl methyl sites for hydroxylation is 1. The minimum atomic E-state index is -4.94. The van der Waals surface area contributed by atoms with Gasteiger partial charge in [0.2, 0.25) is 5.91 Å². The molecule has 1 aromatic heterocycles. The molecule has 0 atom stereocenters. The van der Waals surface area contributed by atoms with Crippen molar-refractivity contribution in [2.24, 2.45) is 0 Å². The number of para-hydroxylation sites is 1. The van der Waals surface area contributed by atoms with E-state index in [1.807, 2.05) is 0 Å². The molecule has 0 saturated carbocycles. The molecule has 0 spiro atoms. The zero-order chi connectivity index (χ0) is 20.5. The van der Waals surface area contributed by atoms with Crippen LogP contribution in [0, 0.1) is 12.7 Å². The first kappa shape index (κ1) is 19.3. The molecule has 0 aliphatic carbocycles. The fourth-order valence-electron chi connectivity index (χ4n) is 2.58. The van der Waals surface area contributed by atoms with E-state index < -0.39 is 29.4 Å². The highest BCUT2D eigenvalue weighted by Crippen LogP contribution is 2.28. The molecule has 0 saturated heterocycles. The number of fused-ring (bicyclic) bond motifs is 1. The Bertz CT molecular complexity index is 1090. The number of nitrogens with one attached hydrogen (secondary N) is 1. The van der Waals surface area contributed by atoms with Gasteiger partial charge in [-0.25, -0.2) is 14.1 Å². The Kier molecular flexibility index (Phi) is 5.04. The van der Waals surface area contributed by atoms with Gasteiger partial charge in [-0.3, -0.25) is 15.0 Å². The van der Waals surface area contributed by atoms with Crippen molar-refractivity contribution in [3.8, 4) is 5.75 Å². The van der Waals surface area contributed by atoms with Crippen molar-refractivity contribution in [2.75, 3.05) is 5.43 Å². The van der Waals surface area contributed by atoms with Gasteiger partial charge in [-0.2, -0.15) is 0 Å². The fraction of sp³-hybridized carbons (Fsp3) is 0.167. The number of carbonyl (C=O) groups excluding carboxylic acids is 1. The predicted octanol–water partition coefficient (Wildman–Crippen LogP) is 3.06. The maximum atomic E-state index is 12.9. The first-order valence-electron chi connectivity index (χ1n) is 7.96. The predicted molar refractivity (Wildman–Crippen MR) is 91.9 cm³/mol. The molecule has 0 aliphatic rings. The van der Waals surface area contributed by atoms with Crippen molar-refractivity contribution in [1.82, 2.24) is 9.66 Å². The van der Waals surface area contributed by atoms with Gasteiger partial charge in [0, 0.05) is 0 Å². The van der Waals surface area contributed by atoms with Gasteiger partial charge >= 0.3 is 6.36 Å². The second-order valence-electron chi connectivity index (χ2n) is 5.84. The number of alkyl halides is 3. The Hall–Kier alpha value is -3.43. The van der Waals surface area contributed by atoms with Crippen LogP contribution < -0.4 is 15.7 Å². The Labute approximate surface area is 155 Å². The van der Waals surface area contributed by atoms with Crippen LogP contribution in [-0.4, -0.2) is 21.9 Å². The lowest BCUT2D eigenvalue weighted by atomic mass is 10.1. The van der Waals surface area contributed by atoms with Crippen LogP contribution in [-0.2, 0) is 11.2 Å². The molecule has 10 heteroatoms. The van der Waals surface area contributed by atoms with E-state index in [0.29, 0.717) is 5.56 Å². The van der Waals surface area contributed by atoms with E-state index in [2.05, 4.69) is 15.1 Å². The summed E-state index contributed by atoms with van der Waals surface area (Å²) in [4.78, 5) is 28.8. The van der Waals surface area contributed by atoms with Gasteiger partial charge in [-0.1, -0.05) is 18.2 Å². The number of benzene rings is 2. The fourth-order valence-corrected chi connectivity index (χ4v) is 2.58. The van der Waals surface area contributed by atoms with Crippen molar-refractivity contribution < 1.29 is 27.1 Å². The van der Waals surface area contributed by atoms with Crippen molar-refractivity contribution in [1.29, 1.82) is 0 Å². The highest BCUT2D eigenvalue weighted by molar-refractivity contribution is 5.87. The molecule has 2 aromatic carbocycles. The Morgan fingerprint density at radius 2 is 1.86 bits per heavy atom. The van der Waals surface area contributed by atoms with Crippen LogP contribution in [0.3, 0.4) is 0 Å². The van der Waals surface area contributed by atoms with E-state index in [-0.39, 0.29) is 23.1 Å². The number of rotatable bonds is 4. The summed E-state index contributed by atoms with van der Waals surface area (Å²) < 4.78 is 55.3. The number of hydrogen-bond acceptors (Lipinski definition) is 4. The van der Waals surface area contributed by atoms with E-state index in [1.54, 1.807) is 0 Å². The minimum absolute atomic E-state index is 0.0387. The van der Waals surface area contributed by atoms with E-state index in [4.69, 9.17) is 0 Å². The summed E-state index contributed by atoms with van der Waals surface area (Å²) >= 11 is 0. The van der Waals surface area contributed by atoms with Crippen molar-refractivity contribution >= 4 is 16.8 Å². The Balaban J connectivity index is 1.93. The molecule has 0 radical (unpaired) electrons. The molecule has 0 aliphatic heterocycles. The second kappa shape index (κ2) is 7.29. The summed E-state index contributed by atoms with van der Waals surface area (Å²) in [5.74, 6) is -1.69. The van der Waals surface area contributed by atoms with Crippen LogP contribution in [0.5, 0.6) is 5.75 Å². The zero-order valence-corrected chi connectivity index (χ0v) is 14.4. The van der Waals surface area contributed by atoms with Crippen LogP contribution in [0.15, 0.2) is 47.3 Å². The summed E-state index contributed by atoms with van der Waals surface area (Å²) in [6.07, 6.45) is -5.08. The van der Waals surface area contributed by atoms with Crippen LogP contribution in [0.2, 0.25) is 0 Å². The lowest BCUT2D eigenvalue weighted by Crippen LogP contribution is -2.36. The monoisotopic (exact) mass is 395 g/mol. The van der Waals surface area contributed by atoms with Crippen LogP contribution in [0.1, 0.15) is 11.4 Å². The summed E-state index contributed by atoms with van der Waals surface area (Å²) in [6.45, 7) is 1.35. The second-order valence-corrected chi connectivity index (χ2v) is 5.84. The molecule has 3 rings (SSSR count). The van der Waals surface area contributed by atoms with E-state index in [1.165, 1.54) is 43.3 Å². The quantitative estimate of drug-likeness (QED) is 0.690. The first-order chi connectivity index (χ1) is 13.1. The summed E-state index contributed by atoms with van der Waals surface area (Å²) in [5, 5.41) is -0.158. The van der Waals surface area contributed by atoms with Gasteiger partial charge in [0.05, 0.1) is 11.8 Å². The largest absolute Gasteiger partial charge is 0.573 e. The van der Waals surface area contributed by atoms with Gasteiger partial charge < -0.3 is 4.74 Å². The number of ether oxygens (including phenoxy) is 1. The first-order valence-corrected chi connectivity index (χ1v) is 7.96. The summed E-state index contributed by atoms with van der Waals surface area (Å²) in [6, 6.07) is 8.76. The summed E-state index contributed by atoms with van der Waals surface area (Å²) in [7, 11) is 0. The van der Waals surface area contributed by atoms with Crippen LogP contribution in [0.4, 0.5) is 17.6 Å². The third kappa shape index (κ3) is 4.27. The van der Waals surface area contributed by atoms with Gasteiger partial charge in [-0.05, 0) is 36.8 Å². The standard InChI is InChI=1S/C18H13F4N3O3/c1-10-23-16-13(3-2-4-14(16)28-18(20,21)22)17(27)25(10)24-15(26)9-11-5-7-12(19)8-6-11/h2-8H,9H2,1H3,(H,24,26). The third-order valence-electron chi connectivity index (χ3n) is 3.77. The molecule has 0 unspecified atom stereocenters. The van der Waals surface area contributed by atoms with Crippen molar-refractivity contribution in [2.45, 2.75) is 19.7 Å². The zero-order valence-electron chi connectivity index (χ0n) is 14.4. The molecule has 0 fully saturated rings. The normalized spacial score (nSPS) is 11.5. The molecule has 1 amide bonds. The molecule has 28 heavy (non-hydrogen) atoms. The van der Waals surface area contributed by atoms with Gasteiger partial charge in [0.15, 0.2) is 5.75 Å². The molecule has 146 valence electrons. The maximum absolute atomic E-state index is 12.9. The molecular formula is C18H13F4N3O3. The van der Waals surface area contributed by atoms with Gasteiger partial charge in [0.1, 0.15) is 17.2 Å². The van der Waals surface area contributed by atoms with Gasteiger partial charge in [-0.15, -0.1) is 13.2 Å². The van der Waals surface area contributed by atoms with E-state index >= 15 is 0 Å². The Morgan fingerprint density at radius 3 is 2.50 bits per heavy atom. The smallest absolute Gasteiger partial charge is 0.403 e. The maximum Gasteiger partial charge on any atom is 0.573 e. The van der Waals surface area contributed by atoms with Crippen LogP contribution in [0.25, 0.3) is 10.9 Å². The lowest BCUT2D eigenvalue weighted by molar-refractivity contribution is -0.274. The number of halogens is 4. The molecule has 0 bridgehead atoms. The summed E-state index contributed by atoms with van der Waals surface area (Å²) in [5.41, 5.74) is 1.83. The lowest BCUT2D eigenvalue weighted by Gasteiger charge is -2.14. The van der Waals surface area contributed by atoms with E-state index in [9.17, 15) is 27.2 Å². The average molecular weight is 395 g/mol. The average Bonchev–Trinajstić information content (AvgIpc) is 2.60. The molecular weight excluding hydrogens is 382 g/mol. The van der Waals surface area contributed by atoms with Crippen molar-refractivity contribution in [3.05, 3.63) is 70.0 Å². The highest BCUT2D eigenvalue weighted by atomic mass is 19.4. The third-order valence-corrected chi connectivity index (χ3v) is 3.77. The minimum Gasteiger partial charge on any atom is -0.403 e. The van der Waals surface area contributed by atoms with E-state index in [0.717, 1.165) is 10.7 Å². The number of aromatic nitrogens is 2. The number of carbonyl (C=O) groups is 1. The molecule has 1 heterocycles. The number of hydrogen-bond donors (Lipinski definition) is 1. The highest BCUT2D eigenvalue weighted by Gasteiger charge is 2.32. The molecule has 3 aromatic rings. The molecule has 6 nitrogen and oxygen atoms in total. The number of nitrogens with zero attached hydrogens (tertiary/aromatic N) is 2. The number of amides is 1. The van der Waals surface area contributed by atoms with Crippen molar-refractivity contribution in [3.63, 3.8) is 0 Å². The Morgan fingerprint density at radius 1 is 1.18 bits per heavy atom. The van der Waals surface area contributed by atoms with Crippen LogP contribution >= 0.6 is 0 Å². The molecule has 1 N–H and O–H groups in total. The SMILES string of the molecule is Cc1nc2c(OC(F)(F)F)cccc2c(=O)n1NC(=O)Cc1ccc(F)cc1. The van der Waals surface area contributed by atoms with Gasteiger partial charge in [0.25, 0.3) is 5.56 Å². The topological polar surface area (TPSA) is 73.2 Å².